The number of hydrogen-bond acceptors (Lipinski definition) is 6. The molecule has 22 heavy (non-hydrogen) atoms. The zero-order valence-corrected chi connectivity index (χ0v) is 13.5. The number of methoxy groups -OCH3 is 2. The molecular weight excluding hydrogens is 290 g/mol. The van der Waals surface area contributed by atoms with Crippen molar-refractivity contribution in [3.8, 4) is 0 Å². The molecule has 0 bridgehead atoms. The molecule has 0 atom stereocenters. The SMILES string of the molecule is CCN(CC)C(=O)c1c(C)ncn1C(C(=O)OC)C(=O)OC. The third-order valence-electron chi connectivity index (χ3n) is 3.36. The fraction of sp³-hybridized carbons (Fsp3) is 0.571. The molecule has 0 aliphatic rings. The maximum Gasteiger partial charge on any atom is 0.340 e. The number of carbonyl (C=O) groups excluding carboxylic acids is 3. The fourth-order valence-electron chi connectivity index (χ4n) is 2.12. The van der Waals surface area contributed by atoms with Crippen LogP contribution in [0, 0.1) is 6.92 Å². The van der Waals surface area contributed by atoms with Crippen molar-refractivity contribution in [3.63, 3.8) is 0 Å². The minimum atomic E-state index is -1.40. The fourth-order valence-corrected chi connectivity index (χ4v) is 2.12. The van der Waals surface area contributed by atoms with Crippen LogP contribution in [0.1, 0.15) is 36.1 Å². The smallest absolute Gasteiger partial charge is 0.340 e. The van der Waals surface area contributed by atoms with E-state index in [1.54, 1.807) is 11.8 Å². The molecule has 0 aromatic carbocycles. The predicted molar refractivity (Wildman–Crippen MR) is 77.3 cm³/mol. The molecule has 8 nitrogen and oxygen atoms in total. The van der Waals surface area contributed by atoms with Gasteiger partial charge in [-0.05, 0) is 20.8 Å². The van der Waals surface area contributed by atoms with Crippen molar-refractivity contribution in [2.24, 2.45) is 0 Å². The number of carbonyl (C=O) groups is 3. The van der Waals surface area contributed by atoms with Crippen LogP contribution in [-0.4, -0.2) is 59.6 Å². The summed E-state index contributed by atoms with van der Waals surface area (Å²) in [5.41, 5.74) is 0.596. The normalized spacial score (nSPS) is 10.5. The largest absolute Gasteiger partial charge is 0.467 e. The van der Waals surface area contributed by atoms with Crippen LogP contribution in [0.5, 0.6) is 0 Å². The molecule has 0 saturated carbocycles. The van der Waals surface area contributed by atoms with Crippen LogP contribution in [0.2, 0.25) is 0 Å². The Bertz CT molecular complexity index is 547. The minimum Gasteiger partial charge on any atom is -0.467 e. The number of rotatable bonds is 6. The number of hydrogen-bond donors (Lipinski definition) is 0. The van der Waals surface area contributed by atoms with Crippen molar-refractivity contribution in [1.29, 1.82) is 0 Å². The predicted octanol–water partition coefficient (Wildman–Crippen LogP) is 0.561. The van der Waals surface area contributed by atoms with Gasteiger partial charge in [0.2, 0.25) is 6.04 Å². The molecule has 122 valence electrons. The topological polar surface area (TPSA) is 90.7 Å². The number of aryl methyl sites for hydroxylation is 1. The van der Waals surface area contributed by atoms with Gasteiger partial charge in [-0.25, -0.2) is 14.6 Å². The Labute approximate surface area is 129 Å². The van der Waals surface area contributed by atoms with E-state index in [0.29, 0.717) is 18.8 Å². The molecule has 0 spiro atoms. The number of esters is 2. The molecule has 1 heterocycles. The molecular formula is C14H21N3O5. The van der Waals surface area contributed by atoms with Crippen molar-refractivity contribution in [2.75, 3.05) is 27.3 Å². The summed E-state index contributed by atoms with van der Waals surface area (Å²) in [6.07, 6.45) is 1.27. The summed E-state index contributed by atoms with van der Waals surface area (Å²) in [6.45, 7) is 6.33. The van der Waals surface area contributed by atoms with Crippen LogP contribution >= 0.6 is 0 Å². The monoisotopic (exact) mass is 311 g/mol. The number of imidazole rings is 1. The van der Waals surface area contributed by atoms with Crippen molar-refractivity contribution < 1.29 is 23.9 Å². The molecule has 1 aromatic heterocycles. The highest BCUT2D eigenvalue weighted by Crippen LogP contribution is 2.19. The molecule has 1 aromatic rings. The first-order valence-corrected chi connectivity index (χ1v) is 6.91. The summed E-state index contributed by atoms with van der Waals surface area (Å²) in [6, 6.07) is -1.40. The van der Waals surface area contributed by atoms with Gasteiger partial charge >= 0.3 is 11.9 Å². The van der Waals surface area contributed by atoms with Gasteiger partial charge in [0.1, 0.15) is 5.69 Å². The number of nitrogens with zero attached hydrogens (tertiary/aromatic N) is 3. The van der Waals surface area contributed by atoms with Crippen LogP contribution in [0.15, 0.2) is 6.33 Å². The molecule has 0 saturated heterocycles. The van der Waals surface area contributed by atoms with Gasteiger partial charge in [-0.15, -0.1) is 0 Å². The summed E-state index contributed by atoms with van der Waals surface area (Å²) >= 11 is 0. The Hall–Kier alpha value is -2.38. The Morgan fingerprint density at radius 1 is 1.18 bits per heavy atom. The summed E-state index contributed by atoms with van der Waals surface area (Å²) < 4.78 is 10.5. The Balaban J connectivity index is 3.38. The van der Waals surface area contributed by atoms with Crippen LogP contribution < -0.4 is 0 Å². The molecule has 1 amide bonds. The van der Waals surface area contributed by atoms with Gasteiger partial charge in [0, 0.05) is 13.1 Å². The molecule has 0 unspecified atom stereocenters. The quantitative estimate of drug-likeness (QED) is 0.563. The molecule has 0 aliphatic heterocycles. The highest BCUT2D eigenvalue weighted by molar-refractivity contribution is 6.00. The molecule has 0 N–H and O–H groups in total. The third kappa shape index (κ3) is 3.26. The highest BCUT2D eigenvalue weighted by atomic mass is 16.5. The van der Waals surface area contributed by atoms with Crippen LogP contribution in [0.25, 0.3) is 0 Å². The molecule has 8 heteroatoms. The lowest BCUT2D eigenvalue weighted by molar-refractivity contribution is -0.157. The Morgan fingerprint density at radius 3 is 2.09 bits per heavy atom. The molecule has 0 radical (unpaired) electrons. The van der Waals surface area contributed by atoms with Crippen LogP contribution in [0.4, 0.5) is 0 Å². The van der Waals surface area contributed by atoms with E-state index in [4.69, 9.17) is 0 Å². The lowest BCUT2D eigenvalue weighted by atomic mass is 10.2. The maximum atomic E-state index is 12.6. The van der Waals surface area contributed by atoms with Crippen molar-refractivity contribution >= 4 is 17.8 Å². The third-order valence-corrected chi connectivity index (χ3v) is 3.36. The van der Waals surface area contributed by atoms with E-state index in [1.807, 2.05) is 13.8 Å². The standard InChI is InChI=1S/C14H21N3O5/c1-6-16(7-2)12(18)10-9(3)15-8-17(10)11(13(19)21-4)14(20)22-5/h8,11H,6-7H2,1-5H3. The van der Waals surface area contributed by atoms with E-state index in [9.17, 15) is 14.4 Å². The zero-order valence-electron chi connectivity index (χ0n) is 13.5. The van der Waals surface area contributed by atoms with E-state index in [0.717, 1.165) is 14.2 Å². The first-order chi connectivity index (χ1) is 10.4. The summed E-state index contributed by atoms with van der Waals surface area (Å²) in [5, 5.41) is 0. The van der Waals surface area contributed by atoms with Gasteiger partial charge in [0.15, 0.2) is 0 Å². The Morgan fingerprint density at radius 2 is 1.68 bits per heavy atom. The lowest BCUT2D eigenvalue weighted by Gasteiger charge is -2.22. The molecule has 0 aliphatic carbocycles. The van der Waals surface area contributed by atoms with Gasteiger partial charge < -0.3 is 18.9 Å². The average molecular weight is 311 g/mol. The van der Waals surface area contributed by atoms with Crippen molar-refractivity contribution in [2.45, 2.75) is 26.8 Å². The zero-order chi connectivity index (χ0) is 16.9. The second kappa shape index (κ2) is 7.58. The van der Waals surface area contributed by atoms with Crippen LogP contribution in [0.3, 0.4) is 0 Å². The summed E-state index contributed by atoms with van der Waals surface area (Å²) in [7, 11) is 2.32. The highest BCUT2D eigenvalue weighted by Gasteiger charge is 2.35. The van der Waals surface area contributed by atoms with E-state index in [1.165, 1.54) is 10.9 Å². The van der Waals surface area contributed by atoms with Crippen molar-refractivity contribution in [3.05, 3.63) is 17.7 Å². The maximum absolute atomic E-state index is 12.6. The lowest BCUT2D eigenvalue weighted by Crippen LogP contribution is -2.36. The first-order valence-electron chi connectivity index (χ1n) is 6.91. The minimum absolute atomic E-state index is 0.171. The Kier molecular flexibility index (Phi) is 6.09. The summed E-state index contributed by atoms with van der Waals surface area (Å²) in [5.74, 6) is -1.95. The van der Waals surface area contributed by atoms with Gasteiger partial charge in [0.25, 0.3) is 5.91 Å². The van der Waals surface area contributed by atoms with Crippen molar-refractivity contribution in [1.82, 2.24) is 14.5 Å². The summed E-state index contributed by atoms with van der Waals surface area (Å²) in [4.78, 5) is 42.0. The number of aromatic nitrogens is 2. The average Bonchev–Trinajstić information content (AvgIpc) is 2.89. The van der Waals surface area contributed by atoms with Gasteiger partial charge in [-0.1, -0.05) is 0 Å². The molecule has 1 rings (SSSR count). The van der Waals surface area contributed by atoms with E-state index in [2.05, 4.69) is 14.5 Å². The van der Waals surface area contributed by atoms with Gasteiger partial charge in [-0.2, -0.15) is 0 Å². The molecule has 0 fully saturated rings. The van der Waals surface area contributed by atoms with Crippen LogP contribution in [-0.2, 0) is 19.1 Å². The number of amides is 1. The first kappa shape index (κ1) is 17.7. The van der Waals surface area contributed by atoms with E-state index < -0.39 is 18.0 Å². The van der Waals surface area contributed by atoms with Gasteiger partial charge in [0.05, 0.1) is 26.2 Å². The van der Waals surface area contributed by atoms with E-state index in [-0.39, 0.29) is 11.6 Å². The number of ether oxygens (including phenoxy) is 2. The van der Waals surface area contributed by atoms with E-state index >= 15 is 0 Å². The second-order valence-corrected chi connectivity index (χ2v) is 4.51. The second-order valence-electron chi connectivity index (χ2n) is 4.51. The van der Waals surface area contributed by atoms with Gasteiger partial charge in [-0.3, -0.25) is 4.79 Å².